The third-order valence-electron chi connectivity index (χ3n) is 3.03. The van der Waals surface area contributed by atoms with Gasteiger partial charge in [-0.15, -0.1) is 0 Å². The summed E-state index contributed by atoms with van der Waals surface area (Å²) in [7, 11) is 1.56. The second-order valence-corrected chi connectivity index (χ2v) is 6.88. The van der Waals surface area contributed by atoms with Crippen LogP contribution < -0.4 is 16.4 Å². The van der Waals surface area contributed by atoms with Crippen molar-refractivity contribution < 1.29 is 28.3 Å². The Hall–Kier alpha value is -2.81. The number of rotatable bonds is 11. The van der Waals surface area contributed by atoms with E-state index in [1.165, 1.54) is 0 Å². The number of Topliss-reactive ketones (excluding diaryl/α,β-unsaturated/α-hetero) is 1. The lowest BCUT2D eigenvalue weighted by Crippen LogP contribution is -2.45. The van der Waals surface area contributed by atoms with E-state index >= 15 is 0 Å². The molecule has 0 saturated carbocycles. The Balaban J connectivity index is 0. The molecule has 1 aromatic rings. The first kappa shape index (κ1) is 29.4. The highest BCUT2D eigenvalue weighted by molar-refractivity contribution is 5.90. The van der Waals surface area contributed by atoms with Crippen molar-refractivity contribution in [2.75, 3.05) is 20.3 Å². The van der Waals surface area contributed by atoms with E-state index in [9.17, 15) is 23.6 Å². The molecular formula is C21H34FN3O5. The molecule has 0 aliphatic carbocycles. The van der Waals surface area contributed by atoms with E-state index < -0.39 is 30.3 Å². The van der Waals surface area contributed by atoms with Gasteiger partial charge in [-0.25, -0.2) is 4.39 Å². The van der Waals surface area contributed by atoms with Gasteiger partial charge in [0.15, 0.2) is 5.78 Å². The van der Waals surface area contributed by atoms with Gasteiger partial charge in [-0.2, -0.15) is 0 Å². The van der Waals surface area contributed by atoms with Crippen molar-refractivity contribution in [1.29, 1.82) is 0 Å². The van der Waals surface area contributed by atoms with Crippen molar-refractivity contribution in [2.45, 2.75) is 46.3 Å². The van der Waals surface area contributed by atoms with Gasteiger partial charge in [0.1, 0.15) is 13.3 Å². The smallest absolute Gasteiger partial charge is 0.293 e. The number of alkyl halides is 1. The lowest BCUT2D eigenvalue weighted by atomic mass is 10.1. The number of amides is 2. The topological polar surface area (TPSA) is 128 Å². The summed E-state index contributed by atoms with van der Waals surface area (Å²) >= 11 is 0. The van der Waals surface area contributed by atoms with Crippen LogP contribution in [0.5, 0.6) is 0 Å². The van der Waals surface area contributed by atoms with Crippen molar-refractivity contribution in [1.82, 2.24) is 10.6 Å². The van der Waals surface area contributed by atoms with Gasteiger partial charge in [0.2, 0.25) is 11.8 Å². The first-order valence-electron chi connectivity index (χ1n) is 9.57. The standard InChI is InChI=1S/C9H16FN3O3.C8H8O2.C4H10/c1-12-5-9(16)13-6(7(14)4-10)2-3-8(11)15;9-7-10-6-8-4-2-1-3-5-8;1-4(2)3/h6,12H,2-5H2,1H3,(H2,11,15)(H,13,16);1-5,7H,6H2;4H,1-3H3. The van der Waals surface area contributed by atoms with E-state index in [-0.39, 0.29) is 19.4 Å². The van der Waals surface area contributed by atoms with Crippen LogP contribution in [-0.4, -0.2) is 50.4 Å². The number of primary amides is 1. The number of likely N-dealkylation sites (N-methyl/N-ethyl adjacent to an activating group) is 1. The Morgan fingerprint density at radius 3 is 2.17 bits per heavy atom. The van der Waals surface area contributed by atoms with Gasteiger partial charge in [-0.1, -0.05) is 51.1 Å². The normalized spacial score (nSPS) is 10.5. The van der Waals surface area contributed by atoms with E-state index in [4.69, 9.17) is 5.73 Å². The Morgan fingerprint density at radius 2 is 1.73 bits per heavy atom. The summed E-state index contributed by atoms with van der Waals surface area (Å²) in [6.45, 7) is 6.16. The molecule has 30 heavy (non-hydrogen) atoms. The number of hydrogen-bond acceptors (Lipinski definition) is 6. The number of nitrogens with two attached hydrogens (primary N) is 1. The zero-order valence-corrected chi connectivity index (χ0v) is 18.2. The van der Waals surface area contributed by atoms with E-state index in [0.717, 1.165) is 11.5 Å². The van der Waals surface area contributed by atoms with Gasteiger partial charge in [-0.3, -0.25) is 19.2 Å². The highest BCUT2D eigenvalue weighted by atomic mass is 19.1. The summed E-state index contributed by atoms with van der Waals surface area (Å²) in [6, 6.07) is 8.56. The lowest BCUT2D eigenvalue weighted by Gasteiger charge is -2.15. The number of hydrogen-bond donors (Lipinski definition) is 3. The van der Waals surface area contributed by atoms with Gasteiger partial charge in [0.05, 0.1) is 12.6 Å². The molecule has 0 aromatic heterocycles. The third-order valence-corrected chi connectivity index (χ3v) is 3.03. The molecule has 0 aliphatic heterocycles. The first-order chi connectivity index (χ1) is 14.2. The minimum absolute atomic E-state index is 0.0205. The summed E-state index contributed by atoms with van der Waals surface area (Å²) < 4.78 is 16.7. The fourth-order valence-electron chi connectivity index (χ4n) is 1.80. The van der Waals surface area contributed by atoms with Crippen molar-refractivity contribution >= 4 is 24.1 Å². The molecular weight excluding hydrogens is 393 g/mol. The minimum atomic E-state index is -1.18. The average molecular weight is 428 g/mol. The zero-order chi connectivity index (χ0) is 23.4. The second kappa shape index (κ2) is 19.5. The van der Waals surface area contributed by atoms with E-state index in [1.54, 1.807) is 7.05 Å². The molecule has 0 spiro atoms. The number of ether oxygens (including phenoxy) is 1. The maximum Gasteiger partial charge on any atom is 0.293 e. The zero-order valence-electron chi connectivity index (χ0n) is 18.2. The molecule has 4 N–H and O–H groups in total. The van der Waals surface area contributed by atoms with Gasteiger partial charge >= 0.3 is 0 Å². The molecule has 170 valence electrons. The molecule has 0 saturated heterocycles. The van der Waals surface area contributed by atoms with Crippen LogP contribution >= 0.6 is 0 Å². The van der Waals surface area contributed by atoms with Crippen molar-refractivity contribution in [3.8, 4) is 0 Å². The molecule has 8 nitrogen and oxygen atoms in total. The number of carbonyl (C=O) groups is 4. The molecule has 0 fully saturated rings. The molecule has 0 bridgehead atoms. The molecule has 1 rings (SSSR count). The number of halogens is 1. The van der Waals surface area contributed by atoms with E-state index in [2.05, 4.69) is 36.1 Å². The van der Waals surface area contributed by atoms with Gasteiger partial charge in [-0.05, 0) is 24.9 Å². The minimum Gasteiger partial charge on any atom is -0.463 e. The summed E-state index contributed by atoms with van der Waals surface area (Å²) in [6.07, 6.45) is -0.0518. The maximum atomic E-state index is 12.2. The second-order valence-electron chi connectivity index (χ2n) is 6.88. The monoisotopic (exact) mass is 427 g/mol. The fourth-order valence-corrected chi connectivity index (χ4v) is 1.80. The van der Waals surface area contributed by atoms with E-state index in [0.29, 0.717) is 13.1 Å². The van der Waals surface area contributed by atoms with Crippen LogP contribution in [-0.2, 0) is 30.5 Å². The van der Waals surface area contributed by atoms with Crippen LogP contribution in [0.4, 0.5) is 4.39 Å². The SMILES string of the molecule is CC(C)C.CNCC(=O)NC(CCC(N)=O)C(=O)CF.O=COCc1ccccc1. The van der Waals surface area contributed by atoms with Crippen molar-refractivity contribution in [3.63, 3.8) is 0 Å². The molecule has 0 heterocycles. The largest absolute Gasteiger partial charge is 0.463 e. The molecule has 1 atom stereocenters. The van der Waals surface area contributed by atoms with Crippen LogP contribution in [0, 0.1) is 5.92 Å². The van der Waals surface area contributed by atoms with Crippen LogP contribution in [0.3, 0.4) is 0 Å². The lowest BCUT2D eigenvalue weighted by molar-refractivity contribution is -0.129. The molecule has 9 heteroatoms. The highest BCUT2D eigenvalue weighted by Gasteiger charge is 2.20. The summed E-state index contributed by atoms with van der Waals surface area (Å²) in [4.78, 5) is 42.5. The van der Waals surface area contributed by atoms with Crippen LogP contribution in [0.1, 0.15) is 39.2 Å². The fraction of sp³-hybridized carbons (Fsp3) is 0.524. The molecule has 2 amide bonds. The predicted molar refractivity (Wildman–Crippen MR) is 113 cm³/mol. The van der Waals surface area contributed by atoms with Crippen molar-refractivity contribution in [2.24, 2.45) is 11.7 Å². The Bertz CT molecular complexity index is 609. The Labute approximate surface area is 177 Å². The van der Waals surface area contributed by atoms with E-state index in [1.807, 2.05) is 30.3 Å². The van der Waals surface area contributed by atoms with Crippen LogP contribution in [0.25, 0.3) is 0 Å². The maximum absolute atomic E-state index is 12.2. The average Bonchev–Trinajstić information content (AvgIpc) is 2.70. The molecule has 1 unspecified atom stereocenters. The summed E-state index contributed by atoms with van der Waals surface area (Å²) in [5, 5.41) is 4.91. The van der Waals surface area contributed by atoms with Gasteiger partial charge < -0.3 is 21.1 Å². The number of carbonyl (C=O) groups excluding carboxylic acids is 4. The van der Waals surface area contributed by atoms with Gasteiger partial charge in [0, 0.05) is 6.42 Å². The predicted octanol–water partition coefficient (Wildman–Crippen LogP) is 1.52. The summed E-state index contributed by atoms with van der Waals surface area (Å²) in [5.74, 6) is -0.955. The highest BCUT2D eigenvalue weighted by Crippen LogP contribution is 2.00. The third kappa shape index (κ3) is 19.9. The number of benzene rings is 1. The van der Waals surface area contributed by atoms with Gasteiger partial charge in [0.25, 0.3) is 6.47 Å². The number of nitrogens with one attached hydrogen (secondary N) is 2. The first-order valence-corrected chi connectivity index (χ1v) is 9.57. The molecule has 0 radical (unpaired) electrons. The van der Waals surface area contributed by atoms with Crippen molar-refractivity contribution in [3.05, 3.63) is 35.9 Å². The molecule has 1 aromatic carbocycles. The molecule has 0 aliphatic rings. The van der Waals surface area contributed by atoms with Crippen LogP contribution in [0.15, 0.2) is 30.3 Å². The Kier molecular flexibility index (Phi) is 19.1. The number of ketones is 1. The Morgan fingerprint density at radius 1 is 1.17 bits per heavy atom. The van der Waals surface area contributed by atoms with Crippen LogP contribution in [0.2, 0.25) is 0 Å². The quantitative estimate of drug-likeness (QED) is 0.460. The summed E-state index contributed by atoms with van der Waals surface area (Å²) in [5.41, 5.74) is 5.91.